The molecule has 2 N–H and O–H groups in total. The molecule has 1 aliphatic heterocycles. The predicted octanol–water partition coefficient (Wildman–Crippen LogP) is 4.76. The maximum atomic E-state index is 10.7. The lowest BCUT2D eigenvalue weighted by Gasteiger charge is -2.61. The molecule has 0 bridgehead atoms. The van der Waals surface area contributed by atoms with Gasteiger partial charge in [-0.25, -0.2) is 0 Å². The first kappa shape index (κ1) is 20.3. The minimum Gasteiger partial charge on any atom is -0.393 e. The highest BCUT2D eigenvalue weighted by Crippen LogP contribution is 2.66. The Kier molecular flexibility index (Phi) is 5.26. The number of rotatable bonds is 3. The van der Waals surface area contributed by atoms with Crippen molar-refractivity contribution >= 4 is 5.71 Å². The van der Waals surface area contributed by atoms with Crippen molar-refractivity contribution in [2.24, 2.45) is 45.6 Å². The Balaban J connectivity index is 1.36. The quantitative estimate of drug-likeness (QED) is 0.669. The van der Waals surface area contributed by atoms with Crippen LogP contribution in [-0.4, -0.2) is 36.1 Å². The maximum Gasteiger partial charge on any atom is 0.141 e. The number of nitrogens with zero attached hydrogens (tertiary/aromatic N) is 1. The van der Waals surface area contributed by atoms with Crippen LogP contribution in [0.1, 0.15) is 85.0 Å². The molecule has 4 saturated carbocycles. The second-order valence-corrected chi connectivity index (χ2v) is 11.5. The summed E-state index contributed by atoms with van der Waals surface area (Å²) in [7, 11) is 0. The van der Waals surface area contributed by atoms with E-state index in [0.29, 0.717) is 11.3 Å². The smallest absolute Gasteiger partial charge is 0.141 e. The summed E-state index contributed by atoms with van der Waals surface area (Å²) in [5, 5.41) is 18.8. The fourth-order valence-electron chi connectivity index (χ4n) is 8.80. The van der Waals surface area contributed by atoms with Crippen LogP contribution < -0.4 is 5.32 Å². The van der Waals surface area contributed by atoms with Crippen molar-refractivity contribution in [3.8, 4) is 0 Å². The van der Waals surface area contributed by atoms with Gasteiger partial charge >= 0.3 is 0 Å². The number of aliphatic hydroxyl groups excluding tert-OH is 1. The molecular formula is C25H42N2O2. The molecule has 5 fully saturated rings. The van der Waals surface area contributed by atoms with Crippen molar-refractivity contribution in [3.63, 3.8) is 0 Å². The second kappa shape index (κ2) is 7.51. The molecule has 0 aromatic carbocycles. The van der Waals surface area contributed by atoms with Gasteiger partial charge in [-0.1, -0.05) is 25.9 Å². The van der Waals surface area contributed by atoms with E-state index in [4.69, 9.17) is 9.99 Å². The van der Waals surface area contributed by atoms with Crippen LogP contribution in [-0.2, 0) is 4.84 Å². The fourth-order valence-corrected chi connectivity index (χ4v) is 8.80. The van der Waals surface area contributed by atoms with Gasteiger partial charge in [0, 0.05) is 18.9 Å². The maximum absolute atomic E-state index is 10.7. The van der Waals surface area contributed by atoms with Crippen molar-refractivity contribution in [2.75, 3.05) is 13.1 Å². The monoisotopic (exact) mass is 402 g/mol. The summed E-state index contributed by atoms with van der Waals surface area (Å²) in [5.74, 6) is 3.81. The zero-order valence-corrected chi connectivity index (χ0v) is 18.8. The summed E-state index contributed by atoms with van der Waals surface area (Å²) in [4.78, 5) is 5.97. The number of hydrogen-bond donors (Lipinski definition) is 2. The number of oxime groups is 1. The van der Waals surface area contributed by atoms with Crippen LogP contribution in [0.3, 0.4) is 0 Å². The minimum atomic E-state index is -0.0605. The third kappa shape index (κ3) is 3.11. The van der Waals surface area contributed by atoms with E-state index >= 15 is 0 Å². The van der Waals surface area contributed by atoms with Gasteiger partial charge in [0.05, 0.1) is 11.8 Å². The van der Waals surface area contributed by atoms with E-state index in [1.165, 1.54) is 50.7 Å². The molecule has 9 atom stereocenters. The highest BCUT2D eigenvalue weighted by atomic mass is 16.6. The molecule has 0 amide bonds. The summed E-state index contributed by atoms with van der Waals surface area (Å²) in [6.45, 7) is 9.40. The SMILES string of the molecule is CC[C@@H]1/C(=N/O[C@H]2CCNC2)CC[C@@]2(C)C1CC[C@H]1[C@@H]3CC[C@H](O)[C@@]3(C)CC[C@@H]12. The molecule has 4 nitrogen and oxygen atoms in total. The van der Waals surface area contributed by atoms with E-state index in [2.05, 4.69) is 26.1 Å². The van der Waals surface area contributed by atoms with E-state index in [-0.39, 0.29) is 17.6 Å². The van der Waals surface area contributed by atoms with E-state index in [0.717, 1.165) is 56.0 Å². The molecule has 5 rings (SSSR count). The Hall–Kier alpha value is -0.610. The van der Waals surface area contributed by atoms with Gasteiger partial charge in [0.1, 0.15) is 6.10 Å². The lowest BCUT2D eigenvalue weighted by Crippen LogP contribution is -2.56. The van der Waals surface area contributed by atoms with Crippen molar-refractivity contribution in [1.29, 1.82) is 0 Å². The average Bonchev–Trinajstić information content (AvgIpc) is 3.34. The third-order valence-electron chi connectivity index (χ3n) is 10.5. The molecule has 5 aliphatic rings. The highest BCUT2D eigenvalue weighted by Gasteiger charge is 2.61. The molecule has 1 saturated heterocycles. The van der Waals surface area contributed by atoms with Crippen LogP contribution in [0.25, 0.3) is 0 Å². The molecule has 4 heteroatoms. The van der Waals surface area contributed by atoms with E-state index in [1.54, 1.807) is 0 Å². The largest absolute Gasteiger partial charge is 0.393 e. The third-order valence-corrected chi connectivity index (χ3v) is 10.5. The van der Waals surface area contributed by atoms with Gasteiger partial charge in [0.2, 0.25) is 0 Å². The molecular weight excluding hydrogens is 360 g/mol. The number of hydrogen-bond acceptors (Lipinski definition) is 4. The summed E-state index contributed by atoms with van der Waals surface area (Å²) in [5.41, 5.74) is 2.00. The Morgan fingerprint density at radius 2 is 1.79 bits per heavy atom. The average molecular weight is 403 g/mol. The van der Waals surface area contributed by atoms with Crippen molar-refractivity contribution in [3.05, 3.63) is 0 Å². The molecule has 0 aromatic rings. The number of fused-ring (bicyclic) bond motifs is 5. The molecule has 1 heterocycles. The molecule has 164 valence electrons. The molecule has 0 spiro atoms. The lowest BCUT2D eigenvalue weighted by molar-refractivity contribution is -0.121. The molecule has 29 heavy (non-hydrogen) atoms. The topological polar surface area (TPSA) is 53.8 Å². The Labute approximate surface area is 177 Å². The lowest BCUT2D eigenvalue weighted by atomic mass is 9.43. The first-order chi connectivity index (χ1) is 14.0. The van der Waals surface area contributed by atoms with Gasteiger partial charge in [0.25, 0.3) is 0 Å². The van der Waals surface area contributed by atoms with Gasteiger partial charge < -0.3 is 15.3 Å². The van der Waals surface area contributed by atoms with Crippen LogP contribution in [0, 0.1) is 40.4 Å². The predicted molar refractivity (Wildman–Crippen MR) is 117 cm³/mol. The van der Waals surface area contributed by atoms with Crippen molar-refractivity contribution < 1.29 is 9.94 Å². The zero-order chi connectivity index (χ0) is 20.2. The highest BCUT2D eigenvalue weighted by molar-refractivity contribution is 5.87. The zero-order valence-electron chi connectivity index (χ0n) is 18.8. The molecule has 0 radical (unpaired) electrons. The van der Waals surface area contributed by atoms with Gasteiger partial charge in [-0.05, 0) is 98.8 Å². The first-order valence-electron chi connectivity index (χ1n) is 12.6. The Morgan fingerprint density at radius 1 is 1.00 bits per heavy atom. The fraction of sp³-hybridized carbons (Fsp3) is 0.960. The summed E-state index contributed by atoms with van der Waals surface area (Å²) in [6.07, 6.45) is 12.5. The van der Waals surface area contributed by atoms with E-state index in [1.807, 2.05) is 0 Å². The number of aliphatic hydroxyl groups is 1. The van der Waals surface area contributed by atoms with E-state index < -0.39 is 0 Å². The van der Waals surface area contributed by atoms with Crippen LogP contribution in [0.4, 0.5) is 0 Å². The van der Waals surface area contributed by atoms with Crippen LogP contribution in [0.15, 0.2) is 5.16 Å². The first-order valence-corrected chi connectivity index (χ1v) is 12.6. The van der Waals surface area contributed by atoms with Gasteiger partial charge in [-0.2, -0.15) is 0 Å². The standard InChI is InChI=1S/C25H42N2O2/c1-4-17-19-6-5-18-20-7-8-23(28)25(20,3)12-9-21(18)24(19,2)13-10-22(17)27-29-16-11-14-26-15-16/h16-21,23,26,28H,4-15H2,1-3H3/b27-22+/t16-,17-,18-,19?,20-,21-,23-,24-,25-/m0/s1. The summed E-state index contributed by atoms with van der Waals surface area (Å²) in [6, 6.07) is 0. The van der Waals surface area contributed by atoms with Crippen molar-refractivity contribution in [1.82, 2.24) is 5.32 Å². The van der Waals surface area contributed by atoms with Crippen LogP contribution >= 0.6 is 0 Å². The van der Waals surface area contributed by atoms with Gasteiger partial charge in [-0.3, -0.25) is 0 Å². The van der Waals surface area contributed by atoms with Crippen LogP contribution in [0.5, 0.6) is 0 Å². The molecule has 1 unspecified atom stereocenters. The summed E-state index contributed by atoms with van der Waals surface area (Å²) < 4.78 is 0. The Bertz CT molecular complexity index is 645. The summed E-state index contributed by atoms with van der Waals surface area (Å²) >= 11 is 0. The van der Waals surface area contributed by atoms with E-state index in [9.17, 15) is 5.11 Å². The Morgan fingerprint density at radius 3 is 2.55 bits per heavy atom. The van der Waals surface area contributed by atoms with Gasteiger partial charge in [0.15, 0.2) is 0 Å². The van der Waals surface area contributed by atoms with Crippen molar-refractivity contribution in [2.45, 2.75) is 97.2 Å². The molecule has 0 aromatic heterocycles. The van der Waals surface area contributed by atoms with Crippen LogP contribution in [0.2, 0.25) is 0 Å². The molecule has 4 aliphatic carbocycles. The minimum absolute atomic E-state index is 0.0605. The second-order valence-electron chi connectivity index (χ2n) is 11.5. The normalized spacial score (nSPS) is 53.4. The number of nitrogens with one attached hydrogen (secondary N) is 1. The van der Waals surface area contributed by atoms with Gasteiger partial charge in [-0.15, -0.1) is 0 Å².